The fourth-order valence-electron chi connectivity index (χ4n) is 3.04. The summed E-state index contributed by atoms with van der Waals surface area (Å²) in [6.45, 7) is 6.61. The van der Waals surface area contributed by atoms with Gasteiger partial charge in [0, 0.05) is 25.3 Å². The fourth-order valence-corrected chi connectivity index (χ4v) is 3.04. The first-order valence-electron chi connectivity index (χ1n) is 7.22. The smallest absolute Gasteiger partial charge is 0.0363 e. The van der Waals surface area contributed by atoms with Crippen LogP contribution in [-0.4, -0.2) is 26.2 Å². The van der Waals surface area contributed by atoms with Crippen molar-refractivity contribution in [1.82, 2.24) is 5.32 Å². The van der Waals surface area contributed by atoms with Gasteiger partial charge in [0.1, 0.15) is 0 Å². The van der Waals surface area contributed by atoms with Gasteiger partial charge in [0.2, 0.25) is 0 Å². The molecule has 2 rings (SSSR count). The summed E-state index contributed by atoms with van der Waals surface area (Å²) in [4.78, 5) is 2.40. The molecule has 1 aliphatic carbocycles. The first kappa shape index (κ1) is 13.4. The van der Waals surface area contributed by atoms with Crippen molar-refractivity contribution in [3.8, 4) is 0 Å². The van der Waals surface area contributed by atoms with Crippen molar-refractivity contribution >= 4 is 5.69 Å². The third-order valence-corrected chi connectivity index (χ3v) is 4.11. The van der Waals surface area contributed by atoms with Crippen LogP contribution in [-0.2, 0) is 0 Å². The molecule has 100 valence electrons. The average molecular weight is 246 g/mol. The maximum atomic E-state index is 3.63. The van der Waals surface area contributed by atoms with Crippen LogP contribution in [0, 0.1) is 12.8 Å². The number of aryl methyl sites for hydroxylation is 1. The quantitative estimate of drug-likeness (QED) is 0.858. The Labute approximate surface area is 111 Å². The molecule has 0 saturated heterocycles. The number of nitrogens with one attached hydrogen (secondary N) is 1. The highest BCUT2D eigenvalue weighted by Gasteiger charge is 2.27. The Morgan fingerprint density at radius 3 is 2.61 bits per heavy atom. The molecule has 0 aromatic heterocycles. The molecule has 2 atom stereocenters. The average Bonchev–Trinajstić information content (AvgIpc) is 2.78. The van der Waals surface area contributed by atoms with Gasteiger partial charge in [0.25, 0.3) is 0 Å². The second-order valence-corrected chi connectivity index (χ2v) is 5.57. The highest BCUT2D eigenvalue weighted by atomic mass is 15.1. The summed E-state index contributed by atoms with van der Waals surface area (Å²) < 4.78 is 0. The van der Waals surface area contributed by atoms with Gasteiger partial charge in [-0.05, 0) is 44.4 Å². The Morgan fingerprint density at radius 1 is 1.22 bits per heavy atom. The van der Waals surface area contributed by atoms with E-state index in [2.05, 4.69) is 55.4 Å². The first-order valence-corrected chi connectivity index (χ1v) is 7.22. The SMILES string of the molecule is CCNC1CCCC1CN(C)c1ccc(C)cc1. The zero-order valence-electron chi connectivity index (χ0n) is 11.9. The van der Waals surface area contributed by atoms with Crippen LogP contribution in [0.5, 0.6) is 0 Å². The van der Waals surface area contributed by atoms with Gasteiger partial charge < -0.3 is 10.2 Å². The van der Waals surface area contributed by atoms with Crippen LogP contribution in [0.3, 0.4) is 0 Å². The van der Waals surface area contributed by atoms with E-state index in [4.69, 9.17) is 0 Å². The van der Waals surface area contributed by atoms with Crippen molar-refractivity contribution in [1.29, 1.82) is 0 Å². The highest BCUT2D eigenvalue weighted by Crippen LogP contribution is 2.27. The van der Waals surface area contributed by atoms with Gasteiger partial charge >= 0.3 is 0 Å². The number of benzene rings is 1. The molecule has 2 heteroatoms. The van der Waals surface area contributed by atoms with Crippen LogP contribution in [0.1, 0.15) is 31.7 Å². The molecule has 0 heterocycles. The monoisotopic (exact) mass is 246 g/mol. The summed E-state index contributed by atoms with van der Waals surface area (Å²) in [7, 11) is 2.21. The van der Waals surface area contributed by atoms with Gasteiger partial charge in [-0.15, -0.1) is 0 Å². The fraction of sp³-hybridized carbons (Fsp3) is 0.625. The largest absolute Gasteiger partial charge is 0.374 e. The zero-order chi connectivity index (χ0) is 13.0. The Morgan fingerprint density at radius 2 is 1.94 bits per heavy atom. The van der Waals surface area contributed by atoms with Gasteiger partial charge in [0.05, 0.1) is 0 Å². The summed E-state index contributed by atoms with van der Waals surface area (Å²) in [5, 5.41) is 3.63. The summed E-state index contributed by atoms with van der Waals surface area (Å²) in [5.74, 6) is 0.802. The Bertz CT molecular complexity index is 358. The highest BCUT2D eigenvalue weighted by molar-refractivity contribution is 5.46. The van der Waals surface area contributed by atoms with Crippen LogP contribution in [0.15, 0.2) is 24.3 Å². The lowest BCUT2D eigenvalue weighted by molar-refractivity contribution is 0.411. The Hall–Kier alpha value is -1.02. The van der Waals surface area contributed by atoms with Gasteiger partial charge in [-0.25, -0.2) is 0 Å². The summed E-state index contributed by atoms with van der Waals surface area (Å²) >= 11 is 0. The predicted molar refractivity (Wildman–Crippen MR) is 79.3 cm³/mol. The summed E-state index contributed by atoms with van der Waals surface area (Å²) in [6, 6.07) is 9.58. The molecule has 0 aliphatic heterocycles. The number of hydrogen-bond acceptors (Lipinski definition) is 2. The molecule has 0 radical (unpaired) electrons. The van der Waals surface area contributed by atoms with Crippen LogP contribution >= 0.6 is 0 Å². The zero-order valence-corrected chi connectivity index (χ0v) is 11.9. The predicted octanol–water partition coefficient (Wildman–Crippen LogP) is 3.21. The van der Waals surface area contributed by atoms with Crippen molar-refractivity contribution in [2.24, 2.45) is 5.92 Å². The number of nitrogens with zero attached hydrogens (tertiary/aromatic N) is 1. The third kappa shape index (κ3) is 3.26. The topological polar surface area (TPSA) is 15.3 Å². The molecular formula is C16H26N2. The molecule has 1 aliphatic rings. The van der Waals surface area contributed by atoms with E-state index in [9.17, 15) is 0 Å². The van der Waals surface area contributed by atoms with Crippen molar-refractivity contribution in [2.45, 2.75) is 39.2 Å². The van der Waals surface area contributed by atoms with Crippen molar-refractivity contribution < 1.29 is 0 Å². The molecule has 0 amide bonds. The second-order valence-electron chi connectivity index (χ2n) is 5.57. The minimum Gasteiger partial charge on any atom is -0.374 e. The van der Waals surface area contributed by atoms with Crippen LogP contribution in [0.2, 0.25) is 0 Å². The van der Waals surface area contributed by atoms with E-state index in [0.29, 0.717) is 0 Å². The van der Waals surface area contributed by atoms with E-state index in [1.54, 1.807) is 0 Å². The third-order valence-electron chi connectivity index (χ3n) is 4.11. The standard InChI is InChI=1S/C16H26N2/c1-4-17-16-7-5-6-14(16)12-18(3)15-10-8-13(2)9-11-15/h8-11,14,16-17H,4-7,12H2,1-3H3. The molecule has 0 spiro atoms. The molecule has 1 aromatic rings. The van der Waals surface area contributed by atoms with Crippen LogP contribution in [0.25, 0.3) is 0 Å². The van der Waals surface area contributed by atoms with E-state index in [1.807, 2.05) is 0 Å². The molecule has 1 saturated carbocycles. The molecule has 2 unspecified atom stereocenters. The van der Waals surface area contributed by atoms with Gasteiger partial charge in [-0.1, -0.05) is 31.0 Å². The minimum atomic E-state index is 0.725. The molecule has 2 nitrogen and oxygen atoms in total. The second kappa shape index (κ2) is 6.24. The first-order chi connectivity index (χ1) is 8.70. The lowest BCUT2D eigenvalue weighted by Crippen LogP contribution is -2.38. The molecule has 1 N–H and O–H groups in total. The number of anilines is 1. The van der Waals surface area contributed by atoms with Crippen LogP contribution < -0.4 is 10.2 Å². The van der Waals surface area contributed by atoms with E-state index < -0.39 is 0 Å². The lowest BCUT2D eigenvalue weighted by Gasteiger charge is -2.27. The van der Waals surface area contributed by atoms with E-state index in [0.717, 1.165) is 18.5 Å². The molecule has 0 bridgehead atoms. The maximum Gasteiger partial charge on any atom is 0.0363 e. The van der Waals surface area contributed by atoms with E-state index in [1.165, 1.54) is 37.1 Å². The van der Waals surface area contributed by atoms with Crippen LogP contribution in [0.4, 0.5) is 5.69 Å². The molecule has 1 fully saturated rings. The summed E-state index contributed by atoms with van der Waals surface area (Å²) in [6.07, 6.45) is 4.10. The minimum absolute atomic E-state index is 0.725. The molecule has 1 aromatic carbocycles. The Balaban J connectivity index is 1.94. The Kier molecular flexibility index (Phi) is 4.65. The maximum absolute atomic E-state index is 3.63. The van der Waals surface area contributed by atoms with Gasteiger partial charge in [-0.2, -0.15) is 0 Å². The summed E-state index contributed by atoms with van der Waals surface area (Å²) in [5.41, 5.74) is 2.67. The van der Waals surface area contributed by atoms with Crippen molar-refractivity contribution in [3.05, 3.63) is 29.8 Å². The normalized spacial score (nSPS) is 23.3. The van der Waals surface area contributed by atoms with Gasteiger partial charge in [-0.3, -0.25) is 0 Å². The molecule has 18 heavy (non-hydrogen) atoms. The molecular weight excluding hydrogens is 220 g/mol. The number of hydrogen-bond donors (Lipinski definition) is 1. The van der Waals surface area contributed by atoms with Crippen molar-refractivity contribution in [2.75, 3.05) is 25.0 Å². The van der Waals surface area contributed by atoms with Crippen molar-refractivity contribution in [3.63, 3.8) is 0 Å². The van der Waals surface area contributed by atoms with E-state index >= 15 is 0 Å². The number of rotatable bonds is 5. The lowest BCUT2D eigenvalue weighted by atomic mass is 10.0. The van der Waals surface area contributed by atoms with E-state index in [-0.39, 0.29) is 0 Å². The van der Waals surface area contributed by atoms with Gasteiger partial charge in [0.15, 0.2) is 0 Å².